The summed E-state index contributed by atoms with van der Waals surface area (Å²) in [6.07, 6.45) is 8.18. The molecule has 1 aliphatic heterocycles. The molecule has 1 aliphatic carbocycles. The Labute approximate surface area is 324 Å². The molecule has 9 aromatic rings. The second-order valence-corrected chi connectivity index (χ2v) is 14.2. The van der Waals surface area contributed by atoms with E-state index in [0.717, 1.165) is 83.7 Å². The maximum absolute atomic E-state index is 6.91. The van der Waals surface area contributed by atoms with Gasteiger partial charge in [-0.25, -0.2) is 19.9 Å². The summed E-state index contributed by atoms with van der Waals surface area (Å²) in [7, 11) is 0. The number of rotatable bonds is 4. The molecule has 262 valence electrons. The molecule has 5 heteroatoms. The molecule has 0 saturated heterocycles. The van der Waals surface area contributed by atoms with Crippen LogP contribution in [0, 0.1) is 0 Å². The summed E-state index contributed by atoms with van der Waals surface area (Å²) >= 11 is 0. The molecule has 1 atom stereocenters. The van der Waals surface area contributed by atoms with Crippen molar-refractivity contribution in [2.24, 2.45) is 0 Å². The standard InChI is InChI=1S/C51H32N4O/c1-3-15-36(16-4-1)45-30-46(39-31-52-49(53-32-39)37-17-5-2-6-18-37)55-50(54-45)38-26-25-35-24-23-34-14-8-10-20-41(34)51(44(35)29-38)42-21-11-12-22-47(42)56-48-40-19-9-7-13-33(40)27-28-43(48)51/h1-32H. The van der Waals surface area contributed by atoms with Crippen molar-refractivity contribution in [3.8, 4) is 56.8 Å². The Kier molecular flexibility index (Phi) is 7.32. The zero-order valence-electron chi connectivity index (χ0n) is 30.2. The molecule has 0 radical (unpaired) electrons. The molecule has 0 saturated carbocycles. The Hall–Kier alpha value is -7.50. The molecule has 2 aliphatic rings. The molecule has 0 bridgehead atoms. The average molecular weight is 717 g/mol. The minimum absolute atomic E-state index is 0.618. The Morgan fingerprint density at radius 1 is 0.411 bits per heavy atom. The predicted octanol–water partition coefficient (Wildman–Crippen LogP) is 12.1. The van der Waals surface area contributed by atoms with Gasteiger partial charge in [0.2, 0.25) is 0 Å². The Balaban J connectivity index is 1.17. The summed E-state index contributed by atoms with van der Waals surface area (Å²) in [4.78, 5) is 20.0. The van der Waals surface area contributed by atoms with Gasteiger partial charge in [0.15, 0.2) is 11.6 Å². The molecule has 3 heterocycles. The number of hydrogen-bond donors (Lipinski definition) is 0. The van der Waals surface area contributed by atoms with Gasteiger partial charge in [-0.2, -0.15) is 0 Å². The quantitative estimate of drug-likeness (QED) is 0.181. The molecule has 1 spiro atoms. The summed E-state index contributed by atoms with van der Waals surface area (Å²) in [5, 5.41) is 2.21. The molecule has 11 rings (SSSR count). The highest BCUT2D eigenvalue weighted by molar-refractivity contribution is 5.94. The first-order valence-corrected chi connectivity index (χ1v) is 18.8. The lowest BCUT2D eigenvalue weighted by molar-refractivity contribution is 0.439. The Morgan fingerprint density at radius 2 is 1.05 bits per heavy atom. The van der Waals surface area contributed by atoms with Crippen LogP contribution >= 0.6 is 0 Å². The van der Waals surface area contributed by atoms with E-state index in [1.54, 1.807) is 0 Å². The number of fused-ring (bicyclic) bond motifs is 10. The van der Waals surface area contributed by atoms with E-state index in [-0.39, 0.29) is 0 Å². The van der Waals surface area contributed by atoms with Gasteiger partial charge in [-0.15, -0.1) is 0 Å². The van der Waals surface area contributed by atoms with Gasteiger partial charge in [0.25, 0.3) is 0 Å². The topological polar surface area (TPSA) is 60.8 Å². The smallest absolute Gasteiger partial charge is 0.160 e. The maximum atomic E-state index is 6.91. The van der Waals surface area contributed by atoms with Gasteiger partial charge in [0, 0.05) is 51.2 Å². The predicted molar refractivity (Wildman–Crippen MR) is 224 cm³/mol. The number of para-hydroxylation sites is 1. The fourth-order valence-electron chi connectivity index (χ4n) is 8.50. The number of aromatic nitrogens is 4. The molecule has 56 heavy (non-hydrogen) atoms. The van der Waals surface area contributed by atoms with Crippen LogP contribution in [0.3, 0.4) is 0 Å². The highest BCUT2D eigenvalue weighted by Gasteiger charge is 2.48. The summed E-state index contributed by atoms with van der Waals surface area (Å²) < 4.78 is 6.91. The van der Waals surface area contributed by atoms with E-state index in [4.69, 9.17) is 24.7 Å². The lowest BCUT2D eigenvalue weighted by Crippen LogP contribution is -2.35. The minimum atomic E-state index is -0.722. The maximum Gasteiger partial charge on any atom is 0.160 e. The van der Waals surface area contributed by atoms with Crippen LogP contribution in [0.2, 0.25) is 0 Å². The van der Waals surface area contributed by atoms with Crippen LogP contribution in [-0.4, -0.2) is 19.9 Å². The first-order chi connectivity index (χ1) is 27.7. The van der Waals surface area contributed by atoms with E-state index >= 15 is 0 Å². The second kappa shape index (κ2) is 12.8. The minimum Gasteiger partial charge on any atom is -0.456 e. The van der Waals surface area contributed by atoms with E-state index in [1.165, 1.54) is 5.56 Å². The SMILES string of the molecule is C1=Cc2ccc(-c3nc(-c4ccccc4)cc(-c4cnc(-c5ccccc5)nc4)n3)cc2C2(c3ccccc31)c1ccccc1Oc1c2ccc2ccccc12. The molecule has 7 aromatic carbocycles. The van der Waals surface area contributed by atoms with Crippen molar-refractivity contribution in [3.05, 3.63) is 216 Å². The summed E-state index contributed by atoms with van der Waals surface area (Å²) in [5.41, 5.74) is 11.3. The van der Waals surface area contributed by atoms with E-state index in [9.17, 15) is 0 Å². The molecular weight excluding hydrogens is 685 g/mol. The average Bonchev–Trinajstić information content (AvgIpc) is 3.42. The number of nitrogens with zero attached hydrogens (tertiary/aromatic N) is 4. The number of benzene rings is 7. The molecule has 0 amide bonds. The third-order valence-corrected chi connectivity index (χ3v) is 11.1. The fourth-order valence-corrected chi connectivity index (χ4v) is 8.50. The van der Waals surface area contributed by atoms with Gasteiger partial charge in [0.1, 0.15) is 11.5 Å². The number of hydrogen-bond acceptors (Lipinski definition) is 5. The zero-order valence-corrected chi connectivity index (χ0v) is 30.2. The van der Waals surface area contributed by atoms with E-state index < -0.39 is 5.41 Å². The van der Waals surface area contributed by atoms with Crippen LogP contribution in [0.5, 0.6) is 11.5 Å². The zero-order chi connectivity index (χ0) is 37.1. The first kappa shape index (κ1) is 32.0. The summed E-state index contributed by atoms with van der Waals surface area (Å²) in [6, 6.07) is 59.1. The molecule has 5 nitrogen and oxygen atoms in total. The monoisotopic (exact) mass is 716 g/mol. The molecular formula is C51H32N4O. The van der Waals surface area contributed by atoms with Crippen molar-refractivity contribution in [3.63, 3.8) is 0 Å². The second-order valence-electron chi connectivity index (χ2n) is 14.2. The van der Waals surface area contributed by atoms with Gasteiger partial charge in [-0.3, -0.25) is 0 Å². The fraction of sp³-hybridized carbons (Fsp3) is 0.0196. The summed E-state index contributed by atoms with van der Waals surface area (Å²) in [6.45, 7) is 0. The van der Waals surface area contributed by atoms with Gasteiger partial charge >= 0.3 is 0 Å². The summed E-state index contributed by atoms with van der Waals surface area (Å²) in [5.74, 6) is 3.00. The van der Waals surface area contributed by atoms with Crippen molar-refractivity contribution in [1.29, 1.82) is 0 Å². The van der Waals surface area contributed by atoms with Gasteiger partial charge in [-0.1, -0.05) is 164 Å². The van der Waals surface area contributed by atoms with Crippen molar-refractivity contribution in [2.75, 3.05) is 0 Å². The van der Waals surface area contributed by atoms with Crippen LogP contribution < -0.4 is 4.74 Å². The van der Waals surface area contributed by atoms with Crippen molar-refractivity contribution >= 4 is 22.9 Å². The van der Waals surface area contributed by atoms with Crippen LogP contribution in [0.25, 0.3) is 68.2 Å². The highest BCUT2D eigenvalue weighted by atomic mass is 16.5. The Morgan fingerprint density at radius 3 is 1.86 bits per heavy atom. The lowest BCUT2D eigenvalue weighted by atomic mass is 9.62. The van der Waals surface area contributed by atoms with Gasteiger partial charge in [0.05, 0.1) is 16.8 Å². The third-order valence-electron chi connectivity index (χ3n) is 11.1. The van der Waals surface area contributed by atoms with E-state index in [1.807, 2.05) is 67.0 Å². The van der Waals surface area contributed by atoms with Crippen molar-refractivity contribution in [1.82, 2.24) is 19.9 Å². The van der Waals surface area contributed by atoms with Crippen LogP contribution in [0.4, 0.5) is 0 Å². The van der Waals surface area contributed by atoms with Gasteiger partial charge < -0.3 is 4.74 Å². The molecule has 1 unspecified atom stereocenters. The highest BCUT2D eigenvalue weighted by Crippen LogP contribution is 2.59. The van der Waals surface area contributed by atoms with Crippen molar-refractivity contribution < 1.29 is 4.74 Å². The third kappa shape index (κ3) is 5.02. The van der Waals surface area contributed by atoms with E-state index in [2.05, 4.69) is 127 Å². The molecule has 0 fully saturated rings. The van der Waals surface area contributed by atoms with Crippen molar-refractivity contribution in [2.45, 2.75) is 5.41 Å². The van der Waals surface area contributed by atoms with E-state index in [0.29, 0.717) is 11.6 Å². The Bertz CT molecular complexity index is 3000. The normalized spacial score (nSPS) is 14.9. The van der Waals surface area contributed by atoms with Gasteiger partial charge in [-0.05, 0) is 45.8 Å². The first-order valence-electron chi connectivity index (χ1n) is 18.8. The van der Waals surface area contributed by atoms with Crippen LogP contribution in [-0.2, 0) is 5.41 Å². The molecule has 2 aromatic heterocycles. The molecule has 0 N–H and O–H groups in total. The number of ether oxygens (including phenoxy) is 1. The van der Waals surface area contributed by atoms with Crippen LogP contribution in [0.15, 0.2) is 182 Å². The largest absolute Gasteiger partial charge is 0.456 e. The van der Waals surface area contributed by atoms with Crippen LogP contribution in [0.1, 0.15) is 33.4 Å². The lowest BCUT2D eigenvalue weighted by Gasteiger charge is -2.42.